The molecule has 0 atom stereocenters. The predicted molar refractivity (Wildman–Crippen MR) is 98.5 cm³/mol. The van der Waals surface area contributed by atoms with E-state index in [4.69, 9.17) is 0 Å². The number of likely N-dealkylation sites (tertiary alicyclic amines) is 1. The topological polar surface area (TPSA) is 36.4 Å². The van der Waals surface area contributed by atoms with E-state index in [9.17, 15) is 4.79 Å². The van der Waals surface area contributed by atoms with Gasteiger partial charge in [-0.15, -0.1) is 11.3 Å². The van der Waals surface area contributed by atoms with Gasteiger partial charge in [0, 0.05) is 31.4 Å². The van der Waals surface area contributed by atoms with Crippen LogP contribution in [0.1, 0.15) is 33.9 Å². The molecule has 1 aromatic heterocycles. The molecule has 1 aliphatic heterocycles. The van der Waals surface area contributed by atoms with Gasteiger partial charge < -0.3 is 9.80 Å². The van der Waals surface area contributed by atoms with Gasteiger partial charge in [0.25, 0.3) is 5.91 Å². The van der Waals surface area contributed by atoms with Crippen molar-refractivity contribution in [1.82, 2.24) is 14.8 Å². The number of rotatable bonds is 5. The molecule has 0 spiro atoms. The Bertz CT molecular complexity index is 660. The maximum atomic E-state index is 12.7. The highest BCUT2D eigenvalue weighted by Gasteiger charge is 2.25. The lowest BCUT2D eigenvalue weighted by atomic mass is 9.96. The molecule has 1 saturated heterocycles. The first-order valence-corrected chi connectivity index (χ1v) is 9.42. The Morgan fingerprint density at radius 3 is 2.62 bits per heavy atom. The molecule has 2 aromatic rings. The van der Waals surface area contributed by atoms with Crippen LogP contribution in [0.3, 0.4) is 0 Å². The van der Waals surface area contributed by atoms with Gasteiger partial charge in [-0.05, 0) is 38.4 Å². The summed E-state index contributed by atoms with van der Waals surface area (Å²) in [5.74, 6) is 0.794. The quantitative estimate of drug-likeness (QED) is 0.837. The minimum absolute atomic E-state index is 0.0915. The first-order chi connectivity index (χ1) is 11.6. The summed E-state index contributed by atoms with van der Waals surface area (Å²) >= 11 is 1.58. The summed E-state index contributed by atoms with van der Waals surface area (Å²) in [6, 6.07) is 10.3. The molecule has 0 N–H and O–H groups in total. The fourth-order valence-corrected chi connectivity index (χ4v) is 4.06. The second-order valence-corrected chi connectivity index (χ2v) is 7.73. The van der Waals surface area contributed by atoms with E-state index in [1.54, 1.807) is 11.3 Å². The zero-order valence-corrected chi connectivity index (χ0v) is 15.3. The summed E-state index contributed by atoms with van der Waals surface area (Å²) in [6.07, 6.45) is 2.97. The summed E-state index contributed by atoms with van der Waals surface area (Å²) in [4.78, 5) is 21.4. The highest BCUT2D eigenvalue weighted by Crippen LogP contribution is 2.21. The first-order valence-electron chi connectivity index (χ1n) is 8.54. The molecule has 1 amide bonds. The summed E-state index contributed by atoms with van der Waals surface area (Å²) in [7, 11) is 4.22. The van der Waals surface area contributed by atoms with Crippen LogP contribution in [0.5, 0.6) is 0 Å². The van der Waals surface area contributed by atoms with Gasteiger partial charge in [-0.1, -0.05) is 30.3 Å². The van der Waals surface area contributed by atoms with Crippen molar-refractivity contribution in [1.29, 1.82) is 0 Å². The van der Waals surface area contributed by atoms with Crippen LogP contribution >= 0.6 is 11.3 Å². The summed E-state index contributed by atoms with van der Waals surface area (Å²) in [6.45, 7) is 2.81. The number of amides is 1. The number of carbonyl (C=O) groups excluding carboxylic acids is 1. The molecule has 128 valence electrons. The van der Waals surface area contributed by atoms with Crippen LogP contribution in [-0.2, 0) is 6.42 Å². The summed E-state index contributed by atoms with van der Waals surface area (Å²) in [5, 5.41) is 2.92. The van der Waals surface area contributed by atoms with E-state index in [1.807, 2.05) is 28.5 Å². The summed E-state index contributed by atoms with van der Waals surface area (Å²) in [5.41, 5.74) is 1.84. The maximum absolute atomic E-state index is 12.7. The number of nitrogens with zero attached hydrogens (tertiary/aromatic N) is 3. The third-order valence-corrected chi connectivity index (χ3v) is 5.34. The molecule has 4 nitrogen and oxygen atoms in total. The Kier molecular flexibility index (Phi) is 5.63. The molecule has 1 aromatic carbocycles. The van der Waals surface area contributed by atoms with Gasteiger partial charge in [0.05, 0.1) is 5.01 Å². The Labute approximate surface area is 148 Å². The normalized spacial score (nSPS) is 15.9. The fourth-order valence-electron chi connectivity index (χ4n) is 3.26. The molecular weight excluding hydrogens is 318 g/mol. The molecule has 24 heavy (non-hydrogen) atoms. The number of hydrogen-bond donors (Lipinski definition) is 0. The van der Waals surface area contributed by atoms with Gasteiger partial charge in [-0.25, -0.2) is 4.98 Å². The Morgan fingerprint density at radius 2 is 1.96 bits per heavy atom. The largest absolute Gasteiger partial charge is 0.337 e. The van der Waals surface area contributed by atoms with Crippen molar-refractivity contribution in [2.45, 2.75) is 19.3 Å². The van der Waals surface area contributed by atoms with Crippen LogP contribution < -0.4 is 0 Å². The summed E-state index contributed by atoms with van der Waals surface area (Å²) < 4.78 is 0. The van der Waals surface area contributed by atoms with Crippen molar-refractivity contribution >= 4 is 17.2 Å². The first kappa shape index (κ1) is 17.1. The zero-order chi connectivity index (χ0) is 16.9. The van der Waals surface area contributed by atoms with Crippen molar-refractivity contribution in [2.75, 3.05) is 33.7 Å². The van der Waals surface area contributed by atoms with E-state index in [1.165, 1.54) is 5.56 Å². The van der Waals surface area contributed by atoms with Crippen molar-refractivity contribution in [2.24, 2.45) is 5.92 Å². The molecule has 0 bridgehead atoms. The molecule has 1 fully saturated rings. The van der Waals surface area contributed by atoms with Crippen molar-refractivity contribution in [3.63, 3.8) is 0 Å². The Hall–Kier alpha value is -1.72. The Balaban J connectivity index is 1.56. The van der Waals surface area contributed by atoms with Gasteiger partial charge in [-0.3, -0.25) is 4.79 Å². The van der Waals surface area contributed by atoms with Crippen LogP contribution in [0, 0.1) is 5.92 Å². The molecule has 0 saturated carbocycles. The van der Waals surface area contributed by atoms with Gasteiger partial charge in [-0.2, -0.15) is 0 Å². The Morgan fingerprint density at radius 1 is 1.25 bits per heavy atom. The van der Waals surface area contributed by atoms with Gasteiger partial charge in [0.1, 0.15) is 5.69 Å². The minimum atomic E-state index is 0.0915. The fraction of sp³-hybridized carbons (Fsp3) is 0.474. The average molecular weight is 343 g/mol. The second kappa shape index (κ2) is 7.90. The molecular formula is C19H25N3OS. The van der Waals surface area contributed by atoms with Crippen LogP contribution in [-0.4, -0.2) is 54.4 Å². The maximum Gasteiger partial charge on any atom is 0.273 e. The standard InChI is InChI=1S/C19H25N3OS/c1-21(2)13-16-8-10-22(11-9-16)19(23)17-14-24-18(20-17)12-15-6-4-3-5-7-15/h3-7,14,16H,8-13H2,1-2H3. The van der Waals surface area contributed by atoms with E-state index < -0.39 is 0 Å². The molecule has 2 heterocycles. The van der Waals surface area contributed by atoms with Crippen molar-refractivity contribution < 1.29 is 4.79 Å². The number of benzene rings is 1. The molecule has 0 radical (unpaired) electrons. The van der Waals surface area contributed by atoms with Crippen LogP contribution in [0.2, 0.25) is 0 Å². The predicted octanol–water partition coefficient (Wildman–Crippen LogP) is 3.15. The number of thiazole rings is 1. The van der Waals surface area contributed by atoms with Crippen LogP contribution in [0.15, 0.2) is 35.7 Å². The van der Waals surface area contributed by atoms with Crippen LogP contribution in [0.25, 0.3) is 0 Å². The van der Waals surface area contributed by atoms with E-state index in [-0.39, 0.29) is 5.91 Å². The SMILES string of the molecule is CN(C)CC1CCN(C(=O)c2csc(Cc3ccccc3)n2)CC1. The van der Waals surface area contributed by atoms with Gasteiger partial charge in [0.15, 0.2) is 0 Å². The average Bonchev–Trinajstić information content (AvgIpc) is 3.04. The molecule has 0 unspecified atom stereocenters. The van der Waals surface area contributed by atoms with Crippen molar-refractivity contribution in [3.8, 4) is 0 Å². The molecule has 3 rings (SSSR count). The lowest BCUT2D eigenvalue weighted by molar-refractivity contribution is 0.0672. The zero-order valence-electron chi connectivity index (χ0n) is 14.4. The number of hydrogen-bond acceptors (Lipinski definition) is 4. The highest BCUT2D eigenvalue weighted by molar-refractivity contribution is 7.09. The minimum Gasteiger partial charge on any atom is -0.337 e. The van der Waals surface area contributed by atoms with E-state index in [0.29, 0.717) is 11.6 Å². The molecule has 5 heteroatoms. The van der Waals surface area contributed by atoms with E-state index >= 15 is 0 Å². The third-order valence-electron chi connectivity index (χ3n) is 4.49. The van der Waals surface area contributed by atoms with Gasteiger partial charge >= 0.3 is 0 Å². The number of carbonyl (C=O) groups is 1. The van der Waals surface area contributed by atoms with Crippen LogP contribution in [0.4, 0.5) is 0 Å². The van der Waals surface area contributed by atoms with Gasteiger partial charge in [0.2, 0.25) is 0 Å². The smallest absolute Gasteiger partial charge is 0.273 e. The lowest BCUT2D eigenvalue weighted by Gasteiger charge is -2.32. The molecule has 1 aliphatic rings. The molecule has 0 aliphatic carbocycles. The number of piperidine rings is 1. The lowest BCUT2D eigenvalue weighted by Crippen LogP contribution is -2.40. The van der Waals surface area contributed by atoms with Crippen molar-refractivity contribution in [3.05, 3.63) is 52.0 Å². The monoisotopic (exact) mass is 343 g/mol. The highest BCUT2D eigenvalue weighted by atomic mass is 32.1. The number of aromatic nitrogens is 1. The second-order valence-electron chi connectivity index (χ2n) is 6.79. The van der Waals surface area contributed by atoms with E-state index in [2.05, 4.69) is 36.1 Å². The third kappa shape index (κ3) is 4.42. The van der Waals surface area contributed by atoms with E-state index in [0.717, 1.165) is 43.9 Å².